The summed E-state index contributed by atoms with van der Waals surface area (Å²) in [4.78, 5) is 12.2. The van der Waals surface area contributed by atoms with Crippen molar-refractivity contribution in [1.29, 1.82) is 0 Å². The zero-order valence-electron chi connectivity index (χ0n) is 15.8. The first kappa shape index (κ1) is 20.7. The van der Waals surface area contributed by atoms with E-state index in [1.54, 1.807) is 0 Å². The molecular formula is C23H22ClNOPS+. The number of benzene rings is 3. The molecule has 3 aromatic carbocycles. The smallest absolute Gasteiger partial charge is 0.223 e. The highest BCUT2D eigenvalue weighted by Crippen LogP contribution is 2.63. The van der Waals surface area contributed by atoms with Gasteiger partial charge in [-0.2, -0.15) is 0 Å². The fraction of sp³-hybridized carbons (Fsp3) is 0.0870. The number of hydrogen-bond acceptors (Lipinski definition) is 2. The van der Waals surface area contributed by atoms with Gasteiger partial charge in [-0.05, 0) is 42.7 Å². The molecule has 1 N–H and O–H groups in total. The lowest BCUT2D eigenvalue weighted by Gasteiger charge is -2.29. The van der Waals surface area contributed by atoms with E-state index in [1.807, 2.05) is 60.9 Å². The molecule has 142 valence electrons. The zero-order valence-corrected chi connectivity index (χ0v) is 18.3. The highest BCUT2D eigenvalue weighted by atomic mass is 35.5. The van der Waals surface area contributed by atoms with Gasteiger partial charge in [0.25, 0.3) is 0 Å². The van der Waals surface area contributed by atoms with Crippen LogP contribution < -0.4 is 21.2 Å². The van der Waals surface area contributed by atoms with E-state index in [2.05, 4.69) is 41.7 Å². The summed E-state index contributed by atoms with van der Waals surface area (Å²) in [5.74, 6) is -0.130. The number of amides is 1. The van der Waals surface area contributed by atoms with Crippen LogP contribution in [0, 0.1) is 0 Å². The average Bonchev–Trinajstić information content (AvgIpc) is 2.75. The molecule has 0 fully saturated rings. The summed E-state index contributed by atoms with van der Waals surface area (Å²) in [5, 5.41) is 6.53. The molecule has 0 aliphatic heterocycles. The third-order valence-electron chi connectivity index (χ3n) is 4.43. The largest absolute Gasteiger partial charge is 0.295 e. The lowest BCUT2D eigenvalue weighted by molar-refractivity contribution is -0.118. The van der Waals surface area contributed by atoms with E-state index >= 15 is 0 Å². The quantitative estimate of drug-likeness (QED) is 0.571. The molecule has 0 saturated heterocycles. The van der Waals surface area contributed by atoms with Crippen LogP contribution in [0.25, 0.3) is 0 Å². The number of thioether (sulfide) groups is 1. The van der Waals surface area contributed by atoms with Crippen molar-refractivity contribution in [1.82, 2.24) is 5.32 Å². The predicted molar refractivity (Wildman–Crippen MR) is 125 cm³/mol. The number of rotatable bonds is 6. The summed E-state index contributed by atoms with van der Waals surface area (Å²) < 4.78 is 0.597. The summed E-state index contributed by atoms with van der Waals surface area (Å²) >= 11 is 8.21. The third kappa shape index (κ3) is 4.03. The molecule has 0 unspecified atom stereocenters. The maximum atomic E-state index is 12.2. The van der Waals surface area contributed by atoms with E-state index in [-0.39, 0.29) is 5.91 Å². The molecular weight excluding hydrogens is 405 g/mol. The first-order valence-corrected chi connectivity index (χ1v) is 12.3. The zero-order chi connectivity index (χ0) is 20.0. The van der Waals surface area contributed by atoms with Gasteiger partial charge in [-0.15, -0.1) is 11.8 Å². The van der Waals surface area contributed by atoms with E-state index in [1.165, 1.54) is 18.7 Å². The third-order valence-corrected chi connectivity index (χ3v) is 10.1. The maximum absolute atomic E-state index is 12.2. The molecule has 5 heteroatoms. The molecule has 0 saturated carbocycles. The summed E-state index contributed by atoms with van der Waals surface area (Å²) in [6.07, 6.45) is 1.93. The number of halogens is 1. The van der Waals surface area contributed by atoms with Crippen LogP contribution >= 0.6 is 30.6 Å². The number of carbonyl (C=O) groups excluding carboxylic acids is 1. The van der Waals surface area contributed by atoms with Gasteiger partial charge >= 0.3 is 0 Å². The first-order valence-electron chi connectivity index (χ1n) is 8.88. The van der Waals surface area contributed by atoms with Crippen LogP contribution in [0.4, 0.5) is 0 Å². The Labute approximate surface area is 176 Å². The molecule has 0 spiro atoms. The molecule has 0 aliphatic carbocycles. The Kier molecular flexibility index (Phi) is 6.96. The van der Waals surface area contributed by atoms with E-state index in [9.17, 15) is 4.79 Å². The Bertz CT molecular complexity index is 865. The van der Waals surface area contributed by atoms with Crippen molar-refractivity contribution >= 4 is 52.4 Å². The average molecular weight is 427 g/mol. The summed E-state index contributed by atoms with van der Waals surface area (Å²) in [6, 6.07) is 31.0. The van der Waals surface area contributed by atoms with Gasteiger partial charge in [0.1, 0.15) is 20.3 Å². The Morgan fingerprint density at radius 3 is 1.43 bits per heavy atom. The number of carbonyl (C=O) groups is 1. The molecule has 1 amide bonds. The van der Waals surface area contributed by atoms with Gasteiger partial charge in [-0.3, -0.25) is 10.1 Å². The number of hydrogen-bond donors (Lipinski definition) is 1. The van der Waals surface area contributed by atoms with Crippen LogP contribution in [0.1, 0.15) is 6.92 Å². The van der Waals surface area contributed by atoms with Gasteiger partial charge in [0.2, 0.25) is 11.3 Å². The van der Waals surface area contributed by atoms with E-state index in [0.717, 1.165) is 21.4 Å². The van der Waals surface area contributed by atoms with Crippen molar-refractivity contribution in [3.05, 3.63) is 101 Å². The van der Waals surface area contributed by atoms with E-state index in [0.29, 0.717) is 4.36 Å². The van der Waals surface area contributed by atoms with Gasteiger partial charge in [0.05, 0.1) is 0 Å². The Morgan fingerprint density at radius 2 is 1.14 bits per heavy atom. The van der Waals surface area contributed by atoms with Crippen molar-refractivity contribution in [3.63, 3.8) is 0 Å². The lowest BCUT2D eigenvalue weighted by atomic mass is 10.4. The van der Waals surface area contributed by atoms with Crippen LogP contribution in [0.2, 0.25) is 0 Å². The minimum absolute atomic E-state index is 0.130. The summed E-state index contributed by atoms with van der Waals surface area (Å²) in [5.41, 5.74) is 0.776. The normalized spacial score (nSPS) is 12.2. The fourth-order valence-corrected chi connectivity index (χ4v) is 8.79. The van der Waals surface area contributed by atoms with Gasteiger partial charge in [-0.1, -0.05) is 66.2 Å². The van der Waals surface area contributed by atoms with Gasteiger partial charge in [0.15, 0.2) is 7.26 Å². The van der Waals surface area contributed by atoms with Crippen LogP contribution in [0.3, 0.4) is 0 Å². The molecule has 0 bridgehead atoms. The number of nitrogens with one attached hydrogen (secondary N) is 1. The van der Waals surface area contributed by atoms with E-state index in [4.69, 9.17) is 11.6 Å². The Balaban J connectivity index is 2.49. The molecule has 0 radical (unpaired) electrons. The van der Waals surface area contributed by atoms with Crippen molar-refractivity contribution in [2.24, 2.45) is 0 Å². The second-order valence-corrected chi connectivity index (χ2v) is 10.9. The van der Waals surface area contributed by atoms with E-state index < -0.39 is 7.26 Å². The molecule has 0 aromatic heterocycles. The molecule has 2 nitrogen and oxygen atoms in total. The second kappa shape index (κ2) is 9.43. The van der Waals surface area contributed by atoms with Crippen molar-refractivity contribution in [2.75, 3.05) is 6.26 Å². The highest BCUT2D eigenvalue weighted by Gasteiger charge is 2.51. The van der Waals surface area contributed by atoms with Crippen LogP contribution in [0.5, 0.6) is 0 Å². The van der Waals surface area contributed by atoms with Crippen LogP contribution in [-0.2, 0) is 4.79 Å². The van der Waals surface area contributed by atoms with Gasteiger partial charge in [0, 0.05) is 6.92 Å². The fourth-order valence-electron chi connectivity index (χ4n) is 3.32. The van der Waals surface area contributed by atoms with Crippen LogP contribution in [0.15, 0.2) is 101 Å². The highest BCUT2D eigenvalue weighted by molar-refractivity contribution is 8.05. The minimum atomic E-state index is -2.40. The van der Waals surface area contributed by atoms with Crippen molar-refractivity contribution < 1.29 is 4.79 Å². The topological polar surface area (TPSA) is 29.1 Å². The second-order valence-electron chi connectivity index (χ2n) is 6.19. The molecule has 0 aliphatic rings. The molecule has 28 heavy (non-hydrogen) atoms. The van der Waals surface area contributed by atoms with Gasteiger partial charge < -0.3 is 0 Å². The summed E-state index contributed by atoms with van der Waals surface area (Å²) in [6.45, 7) is 1.53. The van der Waals surface area contributed by atoms with Crippen LogP contribution in [-0.4, -0.2) is 12.2 Å². The molecule has 3 rings (SSSR count). The predicted octanol–water partition coefficient (Wildman–Crippen LogP) is 4.85. The lowest BCUT2D eigenvalue weighted by Crippen LogP contribution is -2.38. The van der Waals surface area contributed by atoms with Gasteiger partial charge in [-0.25, -0.2) is 0 Å². The standard InChI is InChI=1S/C23H21ClNOPS/c1-18(26)25-23(22(24)28-2)27(19-12-6-3-7-13-19,20-14-8-4-9-15-20)21-16-10-5-11-17-21/h3-17H,1-2H3/p+1/b23-22+. The molecule has 0 heterocycles. The first-order chi connectivity index (χ1) is 13.6. The summed E-state index contributed by atoms with van der Waals surface area (Å²) in [7, 11) is -2.40. The molecule has 0 atom stereocenters. The minimum Gasteiger partial charge on any atom is -0.295 e. The Morgan fingerprint density at radius 1 is 0.786 bits per heavy atom. The van der Waals surface area contributed by atoms with Crippen molar-refractivity contribution in [3.8, 4) is 0 Å². The Hall–Kier alpha value is -2.06. The molecule has 3 aromatic rings. The maximum Gasteiger partial charge on any atom is 0.223 e. The van der Waals surface area contributed by atoms with Crippen molar-refractivity contribution in [2.45, 2.75) is 6.92 Å². The SMILES string of the molecule is CS/C(Cl)=C(\NC(C)=O)[P+](c1ccccc1)(c1ccccc1)c1ccccc1. The monoisotopic (exact) mass is 426 g/mol.